The number of aliphatic imine (C=N–C) groups is 1. The lowest BCUT2D eigenvalue weighted by atomic mass is 10.1. The van der Waals surface area contributed by atoms with Gasteiger partial charge in [-0.2, -0.15) is 0 Å². The maximum atomic E-state index is 5.97. The van der Waals surface area contributed by atoms with Crippen molar-refractivity contribution in [3.63, 3.8) is 0 Å². The Morgan fingerprint density at radius 1 is 1.14 bits per heavy atom. The Morgan fingerprint density at radius 2 is 1.83 bits per heavy atom. The van der Waals surface area contributed by atoms with E-state index in [1.165, 1.54) is 5.56 Å². The Labute approximate surface area is 191 Å². The zero-order valence-corrected chi connectivity index (χ0v) is 19.6. The molecular formula is C22H32IN5O. The number of guanidine groups is 1. The number of nitrogens with zero attached hydrogens (tertiary/aromatic N) is 3. The van der Waals surface area contributed by atoms with Crippen LogP contribution in [-0.2, 0) is 24.2 Å². The fourth-order valence-electron chi connectivity index (χ4n) is 3.52. The predicted molar refractivity (Wildman–Crippen MR) is 128 cm³/mol. The molecule has 0 amide bonds. The summed E-state index contributed by atoms with van der Waals surface area (Å²) in [6.07, 6.45) is 3.22. The first-order chi connectivity index (χ1) is 13.6. The van der Waals surface area contributed by atoms with E-state index < -0.39 is 0 Å². The van der Waals surface area contributed by atoms with E-state index in [1.807, 2.05) is 18.2 Å². The van der Waals surface area contributed by atoms with E-state index in [1.54, 1.807) is 6.20 Å². The quantitative estimate of drug-likeness (QED) is 0.341. The number of hydrogen-bond acceptors (Lipinski definition) is 4. The molecule has 1 fully saturated rings. The summed E-state index contributed by atoms with van der Waals surface area (Å²) in [6.45, 7) is 8.50. The number of halogens is 1. The monoisotopic (exact) mass is 509 g/mol. The number of hydrogen-bond donors (Lipinski definition) is 2. The molecule has 2 heterocycles. The lowest BCUT2D eigenvalue weighted by molar-refractivity contribution is -0.0704. The summed E-state index contributed by atoms with van der Waals surface area (Å²) in [5, 5.41) is 3.14. The lowest BCUT2D eigenvalue weighted by Gasteiger charge is -2.35. The van der Waals surface area contributed by atoms with E-state index in [4.69, 9.17) is 10.5 Å². The van der Waals surface area contributed by atoms with Gasteiger partial charge in [0.15, 0.2) is 5.96 Å². The summed E-state index contributed by atoms with van der Waals surface area (Å²) < 4.78 is 5.80. The molecule has 3 N–H and O–H groups in total. The molecule has 2 aromatic rings. The largest absolute Gasteiger partial charge is 0.373 e. The van der Waals surface area contributed by atoms with Crippen LogP contribution >= 0.6 is 24.0 Å². The molecule has 1 aromatic heterocycles. The second-order valence-electron chi connectivity index (χ2n) is 7.47. The maximum Gasteiger partial charge on any atom is 0.188 e. The molecule has 29 heavy (non-hydrogen) atoms. The number of aromatic nitrogens is 1. The second-order valence-corrected chi connectivity index (χ2v) is 7.47. The second kappa shape index (κ2) is 12.1. The van der Waals surface area contributed by atoms with Crippen molar-refractivity contribution >= 4 is 29.9 Å². The Morgan fingerprint density at radius 3 is 2.48 bits per heavy atom. The third-order valence-corrected chi connectivity index (χ3v) is 4.77. The van der Waals surface area contributed by atoms with Gasteiger partial charge >= 0.3 is 0 Å². The van der Waals surface area contributed by atoms with Gasteiger partial charge in [0.05, 0.1) is 18.8 Å². The number of rotatable bonds is 7. The normalized spacial score (nSPS) is 20.1. The van der Waals surface area contributed by atoms with Crippen molar-refractivity contribution < 1.29 is 4.74 Å². The molecule has 0 bridgehead atoms. The topological polar surface area (TPSA) is 75.8 Å². The molecule has 3 rings (SSSR count). The number of pyridine rings is 1. The molecule has 0 radical (unpaired) electrons. The molecule has 6 nitrogen and oxygen atoms in total. The summed E-state index contributed by atoms with van der Waals surface area (Å²) >= 11 is 0. The minimum Gasteiger partial charge on any atom is -0.373 e. The zero-order chi connectivity index (χ0) is 19.8. The number of nitrogens with two attached hydrogens (primary N) is 1. The van der Waals surface area contributed by atoms with Gasteiger partial charge in [0.1, 0.15) is 0 Å². The molecule has 0 saturated carbocycles. The third-order valence-electron chi connectivity index (χ3n) is 4.77. The van der Waals surface area contributed by atoms with E-state index in [2.05, 4.69) is 58.3 Å². The SMILES string of the molecule is CC1CN(Cc2ccc(CN=C(N)NCCc3ccccn3)cc2)CC(C)O1.I. The minimum absolute atomic E-state index is 0. The van der Waals surface area contributed by atoms with Crippen molar-refractivity contribution in [1.29, 1.82) is 0 Å². The fourth-order valence-corrected chi connectivity index (χ4v) is 3.52. The summed E-state index contributed by atoms with van der Waals surface area (Å²) in [5.41, 5.74) is 9.48. The summed E-state index contributed by atoms with van der Waals surface area (Å²) in [5.74, 6) is 0.469. The highest BCUT2D eigenvalue weighted by Crippen LogP contribution is 2.15. The maximum absolute atomic E-state index is 5.97. The van der Waals surface area contributed by atoms with Crippen LogP contribution in [0.25, 0.3) is 0 Å². The molecule has 0 spiro atoms. The molecule has 1 aliphatic heterocycles. The average molecular weight is 509 g/mol. The van der Waals surface area contributed by atoms with Gasteiger partial charge in [-0.1, -0.05) is 30.3 Å². The van der Waals surface area contributed by atoms with Crippen molar-refractivity contribution in [2.24, 2.45) is 10.7 Å². The van der Waals surface area contributed by atoms with Crippen molar-refractivity contribution in [1.82, 2.24) is 15.2 Å². The van der Waals surface area contributed by atoms with Gasteiger partial charge in [0.2, 0.25) is 0 Å². The van der Waals surface area contributed by atoms with Crippen LogP contribution in [0.5, 0.6) is 0 Å². The predicted octanol–water partition coefficient (Wildman–Crippen LogP) is 2.96. The molecule has 1 aliphatic rings. The summed E-state index contributed by atoms with van der Waals surface area (Å²) in [6, 6.07) is 14.5. The zero-order valence-electron chi connectivity index (χ0n) is 17.3. The highest BCUT2D eigenvalue weighted by molar-refractivity contribution is 14.0. The van der Waals surface area contributed by atoms with Gasteiger partial charge in [-0.25, -0.2) is 4.99 Å². The lowest BCUT2D eigenvalue weighted by Crippen LogP contribution is -2.44. The van der Waals surface area contributed by atoms with Crippen LogP contribution in [0.4, 0.5) is 0 Å². The van der Waals surface area contributed by atoms with E-state index in [-0.39, 0.29) is 24.0 Å². The Hall–Kier alpha value is -1.71. The van der Waals surface area contributed by atoms with E-state index in [0.29, 0.717) is 24.7 Å². The molecule has 1 saturated heterocycles. The highest BCUT2D eigenvalue weighted by Gasteiger charge is 2.21. The number of nitrogens with one attached hydrogen (secondary N) is 1. The van der Waals surface area contributed by atoms with Crippen LogP contribution in [0.15, 0.2) is 53.7 Å². The standard InChI is InChI=1S/C22H31N5O.HI/c1-17-14-27(15-18(2)28-17)16-20-8-6-19(7-9-20)13-26-22(23)25-12-10-21-5-3-4-11-24-21;/h3-9,11,17-18H,10,12-16H2,1-2H3,(H3,23,25,26);1H. The molecular weight excluding hydrogens is 477 g/mol. The molecule has 1 aromatic carbocycles. The first-order valence-corrected chi connectivity index (χ1v) is 9.98. The smallest absolute Gasteiger partial charge is 0.188 e. The third kappa shape index (κ3) is 8.28. The number of benzene rings is 1. The van der Waals surface area contributed by atoms with Crippen LogP contribution in [-0.4, -0.2) is 47.7 Å². The van der Waals surface area contributed by atoms with Crippen LogP contribution in [0, 0.1) is 0 Å². The van der Waals surface area contributed by atoms with Gasteiger partial charge in [-0.05, 0) is 37.1 Å². The molecule has 7 heteroatoms. The Kier molecular flexibility index (Phi) is 9.83. The summed E-state index contributed by atoms with van der Waals surface area (Å²) in [4.78, 5) is 11.2. The van der Waals surface area contributed by atoms with Crippen molar-refractivity contribution in [2.45, 2.75) is 45.6 Å². The fraction of sp³-hybridized carbons (Fsp3) is 0.455. The summed E-state index contributed by atoms with van der Waals surface area (Å²) in [7, 11) is 0. The van der Waals surface area contributed by atoms with E-state index >= 15 is 0 Å². The van der Waals surface area contributed by atoms with Gasteiger partial charge < -0.3 is 15.8 Å². The van der Waals surface area contributed by atoms with E-state index in [0.717, 1.165) is 43.9 Å². The number of morpholine rings is 1. The number of ether oxygens (including phenoxy) is 1. The Balaban J connectivity index is 0.00000300. The minimum atomic E-state index is 0. The van der Waals surface area contributed by atoms with Gasteiger partial charge in [0.25, 0.3) is 0 Å². The van der Waals surface area contributed by atoms with Gasteiger partial charge in [-0.15, -0.1) is 24.0 Å². The first-order valence-electron chi connectivity index (χ1n) is 9.98. The van der Waals surface area contributed by atoms with Crippen molar-refractivity contribution in [2.75, 3.05) is 19.6 Å². The van der Waals surface area contributed by atoms with Crippen molar-refractivity contribution in [3.8, 4) is 0 Å². The van der Waals surface area contributed by atoms with Crippen LogP contribution < -0.4 is 11.1 Å². The Bertz CT molecular complexity index is 744. The molecule has 2 unspecified atom stereocenters. The molecule has 0 aliphatic carbocycles. The van der Waals surface area contributed by atoms with E-state index in [9.17, 15) is 0 Å². The van der Waals surface area contributed by atoms with Crippen LogP contribution in [0.1, 0.15) is 30.7 Å². The van der Waals surface area contributed by atoms with Crippen LogP contribution in [0.2, 0.25) is 0 Å². The molecule has 2 atom stereocenters. The van der Waals surface area contributed by atoms with Crippen molar-refractivity contribution in [3.05, 3.63) is 65.5 Å². The van der Waals surface area contributed by atoms with Gasteiger partial charge in [0, 0.05) is 44.5 Å². The van der Waals surface area contributed by atoms with Gasteiger partial charge in [-0.3, -0.25) is 9.88 Å². The first kappa shape index (κ1) is 23.6. The molecule has 158 valence electrons. The van der Waals surface area contributed by atoms with Crippen LogP contribution in [0.3, 0.4) is 0 Å². The average Bonchev–Trinajstić information content (AvgIpc) is 2.67. The highest BCUT2D eigenvalue weighted by atomic mass is 127.